The molecule has 2 amide bonds. The van der Waals surface area contributed by atoms with Gasteiger partial charge in [0.05, 0.1) is 16.7 Å². The third kappa shape index (κ3) is 3.31. The minimum Gasteiger partial charge on any atom is -0.361 e. The second-order valence-electron chi connectivity index (χ2n) is 8.23. The molecule has 33 heavy (non-hydrogen) atoms. The molecule has 0 bridgehead atoms. The Morgan fingerprint density at radius 2 is 1.76 bits per heavy atom. The van der Waals surface area contributed by atoms with Gasteiger partial charge in [0.25, 0.3) is 11.8 Å². The Morgan fingerprint density at radius 1 is 0.879 bits per heavy atom. The van der Waals surface area contributed by atoms with Crippen molar-refractivity contribution in [3.63, 3.8) is 0 Å². The maximum absolute atomic E-state index is 12.5. The van der Waals surface area contributed by atoms with Crippen LogP contribution in [0.3, 0.4) is 0 Å². The van der Waals surface area contributed by atoms with Crippen LogP contribution < -0.4 is 5.32 Å². The number of benzene rings is 2. The second kappa shape index (κ2) is 7.90. The Morgan fingerprint density at radius 3 is 2.61 bits per heavy atom. The molecule has 0 aliphatic carbocycles. The molecule has 2 aliphatic heterocycles. The standard InChI is InChI=1S/C19H14N2O2S.C8H7N/c22-18-15(16(19(23)20-18)14-7-3-9-24-14)13-10-21-8-2-5-11-4-1-6-12(13)17(11)21;1-2-4-8-7(3-1)5-6-9-8/h1,3-4,6-7,9-10H,2,5,8H2,(H,20,22,23);1-6,9H. The van der Waals surface area contributed by atoms with Crippen LogP contribution in [-0.2, 0) is 22.6 Å². The van der Waals surface area contributed by atoms with Crippen LogP contribution in [0.2, 0.25) is 0 Å². The highest BCUT2D eigenvalue weighted by Gasteiger charge is 2.34. The average Bonchev–Trinajstić information content (AvgIpc) is 3.61. The van der Waals surface area contributed by atoms with Gasteiger partial charge in [-0.2, -0.15) is 0 Å². The van der Waals surface area contributed by atoms with Crippen LogP contribution in [0.4, 0.5) is 0 Å². The molecule has 0 spiro atoms. The van der Waals surface area contributed by atoms with Gasteiger partial charge in [0, 0.05) is 40.3 Å². The van der Waals surface area contributed by atoms with Gasteiger partial charge in [-0.3, -0.25) is 14.9 Å². The molecule has 0 saturated carbocycles. The number of aromatic nitrogens is 2. The van der Waals surface area contributed by atoms with Crippen LogP contribution in [0.1, 0.15) is 22.4 Å². The molecule has 3 aromatic heterocycles. The molecular formula is C27H21N3O2S. The zero-order valence-electron chi connectivity index (χ0n) is 17.8. The highest BCUT2D eigenvalue weighted by molar-refractivity contribution is 7.11. The van der Waals surface area contributed by atoms with E-state index in [1.807, 2.05) is 54.2 Å². The largest absolute Gasteiger partial charge is 0.361 e. The molecule has 5 heterocycles. The van der Waals surface area contributed by atoms with Crippen molar-refractivity contribution in [2.75, 3.05) is 0 Å². The molecule has 0 saturated heterocycles. The van der Waals surface area contributed by atoms with Crippen LogP contribution in [0.5, 0.6) is 0 Å². The fraction of sp³-hybridized carbons (Fsp3) is 0.111. The number of amides is 2. The van der Waals surface area contributed by atoms with E-state index in [0.29, 0.717) is 11.1 Å². The number of hydrogen-bond acceptors (Lipinski definition) is 3. The number of aryl methyl sites for hydroxylation is 2. The van der Waals surface area contributed by atoms with E-state index in [2.05, 4.69) is 39.1 Å². The summed E-state index contributed by atoms with van der Waals surface area (Å²) in [4.78, 5) is 28.9. The van der Waals surface area contributed by atoms with Crippen LogP contribution in [-0.4, -0.2) is 21.4 Å². The number of nitrogens with zero attached hydrogens (tertiary/aromatic N) is 1. The van der Waals surface area contributed by atoms with E-state index in [0.717, 1.165) is 35.2 Å². The Balaban J connectivity index is 0.000000192. The maximum atomic E-state index is 12.5. The first kappa shape index (κ1) is 19.8. The highest BCUT2D eigenvalue weighted by atomic mass is 32.1. The number of nitrogens with one attached hydrogen (secondary N) is 2. The molecule has 162 valence electrons. The molecule has 0 fully saturated rings. The maximum Gasteiger partial charge on any atom is 0.260 e. The van der Waals surface area contributed by atoms with Crippen LogP contribution >= 0.6 is 11.3 Å². The predicted molar refractivity (Wildman–Crippen MR) is 133 cm³/mol. The van der Waals surface area contributed by atoms with Crippen molar-refractivity contribution < 1.29 is 9.59 Å². The lowest BCUT2D eigenvalue weighted by Crippen LogP contribution is -2.22. The average molecular weight is 452 g/mol. The van der Waals surface area contributed by atoms with Gasteiger partial charge in [0.2, 0.25) is 0 Å². The number of carbonyl (C=O) groups excluding carboxylic acids is 2. The minimum absolute atomic E-state index is 0.299. The number of aromatic amines is 1. The number of thiophene rings is 1. The van der Waals surface area contributed by atoms with E-state index in [1.165, 1.54) is 33.3 Å². The molecular weight excluding hydrogens is 430 g/mol. The minimum atomic E-state index is -0.302. The van der Waals surface area contributed by atoms with Crippen molar-refractivity contribution in [2.45, 2.75) is 19.4 Å². The van der Waals surface area contributed by atoms with Gasteiger partial charge < -0.3 is 9.55 Å². The van der Waals surface area contributed by atoms with E-state index >= 15 is 0 Å². The van der Waals surface area contributed by atoms with E-state index in [-0.39, 0.29) is 11.8 Å². The monoisotopic (exact) mass is 451 g/mol. The molecule has 0 radical (unpaired) electrons. The number of H-pyrrole nitrogens is 1. The van der Waals surface area contributed by atoms with Gasteiger partial charge in [-0.15, -0.1) is 11.3 Å². The number of rotatable bonds is 2. The Kier molecular flexibility index (Phi) is 4.73. The Hall–Kier alpha value is -3.90. The fourth-order valence-corrected chi connectivity index (χ4v) is 5.59. The van der Waals surface area contributed by atoms with Crippen molar-refractivity contribution in [3.8, 4) is 0 Å². The molecule has 7 rings (SSSR count). The molecule has 2 aliphatic rings. The summed E-state index contributed by atoms with van der Waals surface area (Å²) in [6, 6.07) is 20.3. The Bertz CT molecular complexity index is 1520. The lowest BCUT2D eigenvalue weighted by molar-refractivity contribution is -0.122. The van der Waals surface area contributed by atoms with Crippen molar-refractivity contribution in [1.82, 2.24) is 14.9 Å². The fourth-order valence-electron chi connectivity index (χ4n) is 4.82. The number of hydrogen-bond donors (Lipinski definition) is 2. The van der Waals surface area contributed by atoms with Gasteiger partial charge in [-0.25, -0.2) is 0 Å². The smallest absolute Gasteiger partial charge is 0.260 e. The summed E-state index contributed by atoms with van der Waals surface area (Å²) in [5.41, 5.74) is 5.58. The van der Waals surface area contributed by atoms with E-state index < -0.39 is 0 Å². The van der Waals surface area contributed by atoms with Gasteiger partial charge in [0.1, 0.15) is 0 Å². The second-order valence-corrected chi connectivity index (χ2v) is 9.18. The van der Waals surface area contributed by atoms with Crippen molar-refractivity contribution >= 4 is 56.1 Å². The number of para-hydroxylation sites is 2. The van der Waals surface area contributed by atoms with Crippen LogP contribution in [0.25, 0.3) is 33.0 Å². The van der Waals surface area contributed by atoms with Crippen LogP contribution in [0, 0.1) is 0 Å². The van der Waals surface area contributed by atoms with E-state index in [1.54, 1.807) is 0 Å². The zero-order valence-corrected chi connectivity index (χ0v) is 18.6. The third-order valence-electron chi connectivity index (χ3n) is 6.26. The summed E-state index contributed by atoms with van der Waals surface area (Å²) < 4.78 is 2.22. The summed E-state index contributed by atoms with van der Waals surface area (Å²) in [5, 5.41) is 6.73. The van der Waals surface area contributed by atoms with Crippen molar-refractivity contribution in [3.05, 3.63) is 94.4 Å². The normalized spacial score (nSPS) is 15.2. The zero-order chi connectivity index (χ0) is 22.4. The molecule has 6 heteroatoms. The van der Waals surface area contributed by atoms with Gasteiger partial charge in [-0.1, -0.05) is 42.5 Å². The molecule has 0 atom stereocenters. The topological polar surface area (TPSA) is 66.9 Å². The van der Waals surface area contributed by atoms with Crippen molar-refractivity contribution in [1.29, 1.82) is 0 Å². The Labute approximate surface area is 194 Å². The first-order valence-corrected chi connectivity index (χ1v) is 11.9. The SMILES string of the molecule is O=C1NC(=O)C(c2cn3c4c(cccc24)CCC3)=C1c1cccs1.c1ccc2[nH]ccc2c1. The number of imide groups is 1. The predicted octanol–water partition coefficient (Wildman–Crippen LogP) is 5.38. The van der Waals surface area contributed by atoms with Gasteiger partial charge in [-0.05, 0) is 47.4 Å². The summed E-state index contributed by atoms with van der Waals surface area (Å²) in [7, 11) is 0. The van der Waals surface area contributed by atoms with Crippen LogP contribution in [0.15, 0.2) is 78.4 Å². The summed E-state index contributed by atoms with van der Waals surface area (Å²) in [6.07, 6.45) is 6.14. The lowest BCUT2D eigenvalue weighted by atomic mass is 9.97. The van der Waals surface area contributed by atoms with E-state index in [4.69, 9.17) is 0 Å². The first-order chi connectivity index (χ1) is 16.2. The van der Waals surface area contributed by atoms with Crippen molar-refractivity contribution in [2.24, 2.45) is 0 Å². The third-order valence-corrected chi connectivity index (χ3v) is 7.15. The number of fused-ring (bicyclic) bond motifs is 1. The molecule has 0 unspecified atom stereocenters. The molecule has 2 aromatic carbocycles. The van der Waals surface area contributed by atoms with Gasteiger partial charge in [0.15, 0.2) is 0 Å². The molecule has 5 nitrogen and oxygen atoms in total. The summed E-state index contributed by atoms with van der Waals surface area (Å²) in [6.45, 7) is 0.949. The molecule has 5 aromatic rings. The quantitative estimate of drug-likeness (QED) is 0.354. The number of carbonyl (C=O) groups is 2. The van der Waals surface area contributed by atoms with E-state index in [9.17, 15) is 9.59 Å². The molecule has 2 N–H and O–H groups in total. The van der Waals surface area contributed by atoms with Gasteiger partial charge >= 0.3 is 0 Å². The summed E-state index contributed by atoms with van der Waals surface area (Å²) >= 11 is 1.48. The highest BCUT2D eigenvalue weighted by Crippen LogP contribution is 2.39. The first-order valence-electron chi connectivity index (χ1n) is 11.0. The lowest BCUT2D eigenvalue weighted by Gasteiger charge is -2.14. The summed E-state index contributed by atoms with van der Waals surface area (Å²) in [5.74, 6) is -0.600.